The van der Waals surface area contributed by atoms with Crippen LogP contribution in [0.1, 0.15) is 11.6 Å². The van der Waals surface area contributed by atoms with E-state index in [9.17, 15) is 0 Å². The molecule has 1 unspecified atom stereocenters. The Morgan fingerprint density at radius 2 is 1.44 bits per heavy atom. The summed E-state index contributed by atoms with van der Waals surface area (Å²) in [5.41, 5.74) is 8.11. The number of rotatable bonds is 4. The Labute approximate surface area is 96.1 Å². The highest BCUT2D eigenvalue weighted by atomic mass is 14.9. The van der Waals surface area contributed by atoms with Crippen molar-refractivity contribution in [3.63, 3.8) is 0 Å². The molecule has 0 heterocycles. The minimum absolute atomic E-state index is 0.170. The Morgan fingerprint density at radius 1 is 0.875 bits per heavy atom. The van der Waals surface area contributed by atoms with Crippen LogP contribution in [0.5, 0.6) is 0 Å². The maximum absolute atomic E-state index is 5.79. The lowest BCUT2D eigenvalue weighted by atomic mass is 10.1. The summed E-state index contributed by atoms with van der Waals surface area (Å²) in [7, 11) is 0. The van der Waals surface area contributed by atoms with Crippen LogP contribution in [0.4, 0.5) is 5.69 Å². The van der Waals surface area contributed by atoms with Crippen LogP contribution in [-0.4, -0.2) is 6.54 Å². The van der Waals surface area contributed by atoms with E-state index in [1.54, 1.807) is 0 Å². The Kier molecular flexibility index (Phi) is 3.57. The monoisotopic (exact) mass is 212 g/mol. The zero-order chi connectivity index (χ0) is 11.2. The Hall–Kier alpha value is -1.80. The van der Waals surface area contributed by atoms with E-state index in [0.29, 0.717) is 6.54 Å². The molecular weight excluding hydrogens is 196 g/mol. The molecule has 16 heavy (non-hydrogen) atoms. The molecule has 2 nitrogen and oxygen atoms in total. The number of benzene rings is 2. The van der Waals surface area contributed by atoms with E-state index in [-0.39, 0.29) is 6.04 Å². The molecule has 0 amide bonds. The van der Waals surface area contributed by atoms with Crippen LogP contribution in [0.25, 0.3) is 0 Å². The fourth-order valence-corrected chi connectivity index (χ4v) is 1.70. The van der Waals surface area contributed by atoms with Gasteiger partial charge in [0.05, 0.1) is 6.04 Å². The van der Waals surface area contributed by atoms with Gasteiger partial charge in [-0.1, -0.05) is 48.5 Å². The van der Waals surface area contributed by atoms with Gasteiger partial charge in [-0.05, 0) is 17.7 Å². The fraction of sp³-hybridized carbons (Fsp3) is 0.143. The molecule has 0 saturated heterocycles. The molecule has 0 saturated carbocycles. The summed E-state index contributed by atoms with van der Waals surface area (Å²) in [5.74, 6) is 0. The summed E-state index contributed by atoms with van der Waals surface area (Å²) in [5, 5.41) is 3.42. The lowest BCUT2D eigenvalue weighted by Crippen LogP contribution is -2.20. The first-order chi connectivity index (χ1) is 7.90. The van der Waals surface area contributed by atoms with Gasteiger partial charge in [-0.15, -0.1) is 0 Å². The first-order valence-corrected chi connectivity index (χ1v) is 5.47. The second-order valence-electron chi connectivity index (χ2n) is 3.71. The number of nitrogens with one attached hydrogen (secondary N) is 1. The van der Waals surface area contributed by atoms with Gasteiger partial charge >= 0.3 is 0 Å². The minimum atomic E-state index is 0.170. The Balaban J connectivity index is 2.13. The third kappa shape index (κ3) is 2.61. The van der Waals surface area contributed by atoms with Crippen LogP contribution in [-0.2, 0) is 0 Å². The third-order valence-electron chi connectivity index (χ3n) is 2.55. The van der Waals surface area contributed by atoms with Crippen LogP contribution < -0.4 is 11.1 Å². The van der Waals surface area contributed by atoms with E-state index in [2.05, 4.69) is 17.4 Å². The SMILES string of the molecule is NCC(Nc1ccccc1)c1ccccc1. The number of hydrogen-bond acceptors (Lipinski definition) is 2. The molecule has 0 radical (unpaired) electrons. The molecule has 0 aliphatic carbocycles. The van der Waals surface area contributed by atoms with Gasteiger partial charge in [0.25, 0.3) is 0 Å². The zero-order valence-electron chi connectivity index (χ0n) is 9.14. The van der Waals surface area contributed by atoms with Gasteiger partial charge < -0.3 is 11.1 Å². The number of nitrogens with two attached hydrogens (primary N) is 1. The van der Waals surface area contributed by atoms with E-state index < -0.39 is 0 Å². The summed E-state index contributed by atoms with van der Waals surface area (Å²) in [6, 6.07) is 20.6. The molecule has 82 valence electrons. The lowest BCUT2D eigenvalue weighted by Gasteiger charge is -2.18. The zero-order valence-corrected chi connectivity index (χ0v) is 9.14. The minimum Gasteiger partial charge on any atom is -0.377 e. The van der Waals surface area contributed by atoms with Gasteiger partial charge in [-0.2, -0.15) is 0 Å². The maximum atomic E-state index is 5.79. The van der Waals surface area contributed by atoms with Crippen molar-refractivity contribution >= 4 is 5.69 Å². The summed E-state index contributed by atoms with van der Waals surface area (Å²) in [6.07, 6.45) is 0. The van der Waals surface area contributed by atoms with Crippen LogP contribution in [0.15, 0.2) is 60.7 Å². The molecule has 0 bridgehead atoms. The summed E-state index contributed by atoms with van der Waals surface area (Å²) < 4.78 is 0. The predicted molar refractivity (Wildman–Crippen MR) is 68.3 cm³/mol. The van der Waals surface area contributed by atoms with E-state index in [0.717, 1.165) is 5.69 Å². The summed E-state index contributed by atoms with van der Waals surface area (Å²) in [6.45, 7) is 0.582. The molecule has 0 spiro atoms. The molecule has 0 fully saturated rings. The molecule has 3 N–H and O–H groups in total. The lowest BCUT2D eigenvalue weighted by molar-refractivity contribution is 0.790. The van der Waals surface area contributed by atoms with Crippen molar-refractivity contribution < 1.29 is 0 Å². The van der Waals surface area contributed by atoms with Gasteiger partial charge in [0.15, 0.2) is 0 Å². The van der Waals surface area contributed by atoms with Gasteiger partial charge in [0, 0.05) is 12.2 Å². The molecule has 0 aromatic heterocycles. The summed E-state index contributed by atoms with van der Waals surface area (Å²) >= 11 is 0. The number of anilines is 1. The molecule has 2 heteroatoms. The van der Waals surface area contributed by atoms with Crippen LogP contribution in [0.3, 0.4) is 0 Å². The topological polar surface area (TPSA) is 38.0 Å². The molecule has 0 aliphatic rings. The molecule has 2 aromatic carbocycles. The molecule has 1 atom stereocenters. The van der Waals surface area contributed by atoms with E-state index in [4.69, 9.17) is 5.73 Å². The van der Waals surface area contributed by atoms with Gasteiger partial charge in [-0.25, -0.2) is 0 Å². The largest absolute Gasteiger partial charge is 0.377 e. The van der Waals surface area contributed by atoms with Crippen molar-refractivity contribution in [3.8, 4) is 0 Å². The first-order valence-electron chi connectivity index (χ1n) is 5.47. The normalized spacial score (nSPS) is 12.1. The number of para-hydroxylation sites is 1. The fourth-order valence-electron chi connectivity index (χ4n) is 1.70. The van der Waals surface area contributed by atoms with Crippen molar-refractivity contribution in [2.75, 3.05) is 11.9 Å². The molecule has 0 aliphatic heterocycles. The standard InChI is InChI=1S/C14H16N2/c15-11-14(12-7-3-1-4-8-12)16-13-9-5-2-6-10-13/h1-10,14,16H,11,15H2. The molecule has 2 aromatic rings. The van der Waals surface area contributed by atoms with Crippen molar-refractivity contribution in [3.05, 3.63) is 66.2 Å². The third-order valence-corrected chi connectivity index (χ3v) is 2.55. The van der Waals surface area contributed by atoms with E-state index in [1.165, 1.54) is 5.56 Å². The van der Waals surface area contributed by atoms with Crippen molar-refractivity contribution in [1.82, 2.24) is 0 Å². The van der Waals surface area contributed by atoms with Crippen molar-refractivity contribution in [2.45, 2.75) is 6.04 Å². The highest BCUT2D eigenvalue weighted by Crippen LogP contribution is 2.17. The van der Waals surface area contributed by atoms with Crippen LogP contribution >= 0.6 is 0 Å². The van der Waals surface area contributed by atoms with Crippen molar-refractivity contribution in [2.24, 2.45) is 5.73 Å². The first kappa shape index (κ1) is 10.7. The Bertz CT molecular complexity index is 411. The quantitative estimate of drug-likeness (QED) is 0.817. The second kappa shape index (κ2) is 5.33. The predicted octanol–water partition coefficient (Wildman–Crippen LogP) is 2.80. The van der Waals surface area contributed by atoms with E-state index >= 15 is 0 Å². The van der Waals surface area contributed by atoms with Gasteiger partial charge in [0.1, 0.15) is 0 Å². The Morgan fingerprint density at radius 3 is 2.00 bits per heavy atom. The maximum Gasteiger partial charge on any atom is 0.0636 e. The second-order valence-corrected chi connectivity index (χ2v) is 3.71. The smallest absolute Gasteiger partial charge is 0.0636 e. The highest BCUT2D eigenvalue weighted by Gasteiger charge is 2.07. The average Bonchev–Trinajstić information content (AvgIpc) is 2.38. The van der Waals surface area contributed by atoms with Gasteiger partial charge in [0.2, 0.25) is 0 Å². The van der Waals surface area contributed by atoms with Gasteiger partial charge in [-0.3, -0.25) is 0 Å². The van der Waals surface area contributed by atoms with E-state index in [1.807, 2.05) is 48.5 Å². The highest BCUT2D eigenvalue weighted by molar-refractivity contribution is 5.45. The number of hydrogen-bond donors (Lipinski definition) is 2. The van der Waals surface area contributed by atoms with Crippen molar-refractivity contribution in [1.29, 1.82) is 0 Å². The summed E-state index contributed by atoms with van der Waals surface area (Å²) in [4.78, 5) is 0. The molecular formula is C14H16N2. The average molecular weight is 212 g/mol. The van der Waals surface area contributed by atoms with Crippen LogP contribution in [0.2, 0.25) is 0 Å². The van der Waals surface area contributed by atoms with Crippen LogP contribution in [0, 0.1) is 0 Å². The molecule has 2 rings (SSSR count).